The zero-order valence-electron chi connectivity index (χ0n) is 15.5. The van der Waals surface area contributed by atoms with Gasteiger partial charge in [0.15, 0.2) is 11.5 Å². The first kappa shape index (κ1) is 21.3. The van der Waals surface area contributed by atoms with Crippen molar-refractivity contribution >= 4 is 30.0 Å². The maximum absolute atomic E-state index is 12.1. The Morgan fingerprint density at radius 1 is 1.19 bits per heavy atom. The van der Waals surface area contributed by atoms with Gasteiger partial charge < -0.3 is 20.1 Å². The number of ether oxygens (including phenoxy) is 2. The van der Waals surface area contributed by atoms with Crippen molar-refractivity contribution in [2.75, 3.05) is 45.2 Å². The van der Waals surface area contributed by atoms with Gasteiger partial charge in [0.05, 0.1) is 19.8 Å². The molecular weight excluding hydrogens is 372 g/mol. The lowest BCUT2D eigenvalue weighted by Crippen LogP contribution is -2.49. The van der Waals surface area contributed by atoms with Crippen molar-refractivity contribution in [2.45, 2.75) is 25.3 Å². The van der Waals surface area contributed by atoms with Crippen molar-refractivity contribution in [2.24, 2.45) is 0 Å². The highest BCUT2D eigenvalue weighted by Crippen LogP contribution is 2.32. The van der Waals surface area contributed by atoms with Crippen molar-refractivity contribution in [3.63, 3.8) is 0 Å². The molecule has 1 aromatic carbocycles. The summed E-state index contributed by atoms with van der Waals surface area (Å²) in [6.45, 7) is 3.08. The molecule has 0 aliphatic carbocycles. The van der Waals surface area contributed by atoms with Gasteiger partial charge in [-0.25, -0.2) is 4.79 Å². The van der Waals surface area contributed by atoms with Crippen LogP contribution in [0.4, 0.5) is 10.5 Å². The van der Waals surface area contributed by atoms with Crippen molar-refractivity contribution in [3.05, 3.63) is 18.2 Å². The van der Waals surface area contributed by atoms with Gasteiger partial charge in [-0.1, -0.05) is 0 Å². The van der Waals surface area contributed by atoms with Crippen LogP contribution in [0.25, 0.3) is 0 Å². The molecule has 27 heavy (non-hydrogen) atoms. The van der Waals surface area contributed by atoms with E-state index in [1.165, 1.54) is 0 Å². The third kappa shape index (κ3) is 6.27. The number of anilines is 1. The zero-order chi connectivity index (χ0) is 18.4. The highest BCUT2D eigenvalue weighted by Gasteiger charge is 2.21. The molecule has 0 saturated carbocycles. The standard InChI is InChI=1S/C18H26N4O4.ClH/c1-19-14-4-2-7-22(11-14)12-17(23)21-18(24)20-13-5-6-15-16(10-13)26-9-3-8-25-15;/h5-6,10,14,19H,2-4,7-9,11-12H2,1H3,(H2,20,21,23,24);1H. The van der Waals surface area contributed by atoms with E-state index in [2.05, 4.69) is 20.9 Å². The molecule has 0 radical (unpaired) electrons. The Kier molecular flexibility index (Phi) is 8.15. The Labute approximate surface area is 165 Å². The van der Waals surface area contributed by atoms with Crippen molar-refractivity contribution in [3.8, 4) is 11.5 Å². The first-order valence-corrected chi connectivity index (χ1v) is 9.04. The lowest BCUT2D eigenvalue weighted by molar-refractivity contribution is -0.121. The molecule has 150 valence electrons. The van der Waals surface area contributed by atoms with E-state index in [0.717, 1.165) is 32.4 Å². The number of rotatable bonds is 4. The van der Waals surface area contributed by atoms with Crippen LogP contribution in [-0.4, -0.2) is 62.8 Å². The molecule has 8 nitrogen and oxygen atoms in total. The van der Waals surface area contributed by atoms with Crippen LogP contribution in [0.3, 0.4) is 0 Å². The number of hydrogen-bond donors (Lipinski definition) is 3. The van der Waals surface area contributed by atoms with Crippen LogP contribution in [0.1, 0.15) is 19.3 Å². The monoisotopic (exact) mass is 398 g/mol. The van der Waals surface area contributed by atoms with E-state index < -0.39 is 6.03 Å². The van der Waals surface area contributed by atoms with E-state index in [9.17, 15) is 9.59 Å². The Balaban J connectivity index is 0.00000261. The maximum atomic E-state index is 12.1. The third-order valence-corrected chi connectivity index (χ3v) is 4.54. The maximum Gasteiger partial charge on any atom is 0.325 e. The molecule has 0 bridgehead atoms. The number of amides is 3. The predicted octanol–water partition coefficient (Wildman–Crippen LogP) is 1.60. The number of halogens is 1. The van der Waals surface area contributed by atoms with E-state index in [-0.39, 0.29) is 24.9 Å². The van der Waals surface area contributed by atoms with Gasteiger partial charge in [0, 0.05) is 30.8 Å². The molecule has 1 unspecified atom stereocenters. The normalized spacial score (nSPS) is 19.4. The molecular formula is C18H27ClN4O4. The largest absolute Gasteiger partial charge is 0.490 e. The lowest BCUT2D eigenvalue weighted by atomic mass is 10.1. The van der Waals surface area contributed by atoms with Crippen molar-refractivity contribution in [1.29, 1.82) is 0 Å². The summed E-state index contributed by atoms with van der Waals surface area (Å²) in [5.74, 6) is 0.945. The summed E-state index contributed by atoms with van der Waals surface area (Å²) < 4.78 is 11.2. The van der Waals surface area contributed by atoms with Gasteiger partial charge >= 0.3 is 6.03 Å². The predicted molar refractivity (Wildman–Crippen MR) is 105 cm³/mol. The highest BCUT2D eigenvalue weighted by atomic mass is 35.5. The zero-order valence-corrected chi connectivity index (χ0v) is 16.3. The fourth-order valence-electron chi connectivity index (χ4n) is 3.21. The van der Waals surface area contributed by atoms with Gasteiger partial charge in [0.1, 0.15) is 0 Å². The minimum Gasteiger partial charge on any atom is -0.490 e. The van der Waals surface area contributed by atoms with Crippen LogP contribution < -0.4 is 25.4 Å². The quantitative estimate of drug-likeness (QED) is 0.713. The molecule has 0 spiro atoms. The summed E-state index contributed by atoms with van der Waals surface area (Å²) in [6.07, 6.45) is 2.97. The number of likely N-dealkylation sites (tertiary alicyclic amines) is 1. The summed E-state index contributed by atoms with van der Waals surface area (Å²) in [4.78, 5) is 26.2. The smallest absolute Gasteiger partial charge is 0.325 e. The van der Waals surface area contributed by atoms with E-state index in [4.69, 9.17) is 9.47 Å². The fraction of sp³-hybridized carbons (Fsp3) is 0.556. The van der Waals surface area contributed by atoms with Gasteiger partial charge in [-0.15, -0.1) is 12.4 Å². The van der Waals surface area contributed by atoms with Gasteiger partial charge in [0.2, 0.25) is 5.91 Å². The molecule has 1 saturated heterocycles. The summed E-state index contributed by atoms with van der Waals surface area (Å²) in [6, 6.07) is 5.02. The Morgan fingerprint density at radius 3 is 2.74 bits per heavy atom. The molecule has 9 heteroatoms. The number of benzene rings is 1. The lowest BCUT2D eigenvalue weighted by Gasteiger charge is -2.31. The Morgan fingerprint density at radius 2 is 1.96 bits per heavy atom. The molecule has 2 heterocycles. The molecule has 2 aliphatic heterocycles. The van der Waals surface area contributed by atoms with Gasteiger partial charge in [-0.3, -0.25) is 15.0 Å². The van der Waals surface area contributed by atoms with E-state index in [1.807, 2.05) is 7.05 Å². The molecule has 1 fully saturated rings. The van der Waals surface area contributed by atoms with Crippen LogP contribution in [0.15, 0.2) is 18.2 Å². The molecule has 1 aromatic rings. The Hall–Kier alpha value is -2.03. The summed E-state index contributed by atoms with van der Waals surface area (Å²) in [5, 5.41) is 8.28. The molecule has 2 aliphatic rings. The number of piperidine rings is 1. The number of carbonyl (C=O) groups excluding carboxylic acids is 2. The first-order valence-electron chi connectivity index (χ1n) is 9.04. The van der Waals surface area contributed by atoms with Crippen LogP contribution in [0, 0.1) is 0 Å². The SMILES string of the molecule is CNC1CCCN(CC(=O)NC(=O)Nc2ccc3c(c2)OCCCO3)C1.Cl. The minimum absolute atomic E-state index is 0. The molecule has 3 rings (SSSR count). The Bertz CT molecular complexity index is 658. The second-order valence-corrected chi connectivity index (χ2v) is 6.58. The number of urea groups is 1. The van der Waals surface area contributed by atoms with Crippen LogP contribution in [-0.2, 0) is 4.79 Å². The average Bonchev–Trinajstić information content (AvgIpc) is 2.86. The average molecular weight is 399 g/mol. The molecule has 3 amide bonds. The third-order valence-electron chi connectivity index (χ3n) is 4.54. The topological polar surface area (TPSA) is 91.9 Å². The van der Waals surface area contributed by atoms with E-state index >= 15 is 0 Å². The second-order valence-electron chi connectivity index (χ2n) is 6.58. The van der Waals surface area contributed by atoms with E-state index in [0.29, 0.717) is 36.4 Å². The fourth-order valence-corrected chi connectivity index (χ4v) is 3.21. The number of likely N-dealkylation sites (N-methyl/N-ethyl adjacent to an activating group) is 1. The minimum atomic E-state index is -0.549. The molecule has 1 atom stereocenters. The number of nitrogens with one attached hydrogen (secondary N) is 3. The van der Waals surface area contributed by atoms with Crippen molar-refractivity contribution < 1.29 is 19.1 Å². The highest BCUT2D eigenvalue weighted by molar-refractivity contribution is 6.01. The number of hydrogen-bond acceptors (Lipinski definition) is 6. The summed E-state index contributed by atoms with van der Waals surface area (Å²) in [5.41, 5.74) is 0.549. The number of fused-ring (bicyclic) bond motifs is 1. The van der Waals surface area contributed by atoms with Crippen LogP contribution >= 0.6 is 12.4 Å². The molecule has 0 aromatic heterocycles. The number of nitrogens with zero attached hydrogens (tertiary/aromatic N) is 1. The van der Waals surface area contributed by atoms with Crippen LogP contribution in [0.2, 0.25) is 0 Å². The number of imide groups is 1. The van der Waals surface area contributed by atoms with Gasteiger partial charge in [-0.05, 0) is 38.6 Å². The summed E-state index contributed by atoms with van der Waals surface area (Å²) >= 11 is 0. The molecule has 3 N–H and O–H groups in total. The van der Waals surface area contributed by atoms with Crippen molar-refractivity contribution in [1.82, 2.24) is 15.5 Å². The summed E-state index contributed by atoms with van der Waals surface area (Å²) in [7, 11) is 1.93. The van der Waals surface area contributed by atoms with Gasteiger partial charge in [-0.2, -0.15) is 0 Å². The first-order chi connectivity index (χ1) is 12.6. The number of carbonyl (C=O) groups is 2. The van der Waals surface area contributed by atoms with Gasteiger partial charge in [0.25, 0.3) is 0 Å². The van der Waals surface area contributed by atoms with E-state index in [1.54, 1.807) is 18.2 Å². The van der Waals surface area contributed by atoms with Crippen LogP contribution in [0.5, 0.6) is 11.5 Å². The second kappa shape index (κ2) is 10.3.